The van der Waals surface area contributed by atoms with Crippen molar-refractivity contribution in [1.29, 1.82) is 0 Å². The van der Waals surface area contributed by atoms with Crippen LogP contribution in [0.3, 0.4) is 0 Å². The first kappa shape index (κ1) is 21.5. The van der Waals surface area contributed by atoms with Crippen molar-refractivity contribution >= 4 is 34.4 Å². The van der Waals surface area contributed by atoms with Gasteiger partial charge in [-0.25, -0.2) is 9.78 Å². The quantitative estimate of drug-likeness (QED) is 0.408. The van der Waals surface area contributed by atoms with Gasteiger partial charge in [-0.15, -0.1) is 0 Å². The molecule has 6 heteroatoms. The van der Waals surface area contributed by atoms with Crippen LogP contribution in [0, 0.1) is 6.92 Å². The fourth-order valence-corrected chi connectivity index (χ4v) is 3.73. The van der Waals surface area contributed by atoms with E-state index in [0.29, 0.717) is 39.3 Å². The van der Waals surface area contributed by atoms with E-state index in [2.05, 4.69) is 5.32 Å². The highest BCUT2D eigenvalue weighted by molar-refractivity contribution is 6.30. The summed E-state index contributed by atoms with van der Waals surface area (Å²) >= 11 is 6.16. The molecule has 1 aromatic heterocycles. The number of amides is 1. The summed E-state index contributed by atoms with van der Waals surface area (Å²) in [5.74, 6) is -0.937. The Kier molecular flexibility index (Phi) is 6.47. The van der Waals surface area contributed by atoms with E-state index in [9.17, 15) is 9.59 Å². The monoisotopic (exact) mass is 444 g/mol. The lowest BCUT2D eigenvalue weighted by Gasteiger charge is -2.14. The Balaban J connectivity index is 1.58. The van der Waals surface area contributed by atoms with Crippen LogP contribution in [0.5, 0.6) is 0 Å². The number of halogens is 1. The van der Waals surface area contributed by atoms with Gasteiger partial charge in [0.05, 0.1) is 16.8 Å². The third kappa shape index (κ3) is 4.79. The summed E-state index contributed by atoms with van der Waals surface area (Å²) in [6, 6.07) is 24.2. The molecule has 160 valence electrons. The van der Waals surface area contributed by atoms with Crippen LogP contribution < -0.4 is 5.32 Å². The average molecular weight is 445 g/mol. The molecule has 32 heavy (non-hydrogen) atoms. The summed E-state index contributed by atoms with van der Waals surface area (Å²) < 4.78 is 5.38. The molecule has 0 spiro atoms. The molecule has 0 unspecified atom stereocenters. The molecule has 1 N–H and O–H groups in total. The minimum absolute atomic E-state index is 0.367. The number of fused-ring (bicyclic) bond motifs is 1. The molecule has 0 atom stereocenters. The molecule has 0 aliphatic rings. The molecule has 4 aromatic rings. The fourth-order valence-electron chi connectivity index (χ4n) is 3.54. The first-order chi connectivity index (χ1) is 15.5. The average Bonchev–Trinajstić information content (AvgIpc) is 2.81. The number of benzene rings is 3. The Hall–Kier alpha value is -3.70. The minimum Gasteiger partial charge on any atom is -0.452 e. The second kappa shape index (κ2) is 9.62. The van der Waals surface area contributed by atoms with E-state index >= 15 is 0 Å². The summed E-state index contributed by atoms with van der Waals surface area (Å²) in [5.41, 5.74) is 4.13. The number of rotatable bonds is 6. The molecule has 1 amide bonds. The van der Waals surface area contributed by atoms with Gasteiger partial charge >= 0.3 is 5.97 Å². The fraction of sp³-hybridized carbons (Fsp3) is 0.115. The largest absolute Gasteiger partial charge is 0.452 e. The zero-order chi connectivity index (χ0) is 22.5. The van der Waals surface area contributed by atoms with Crippen LogP contribution in [0.2, 0.25) is 5.02 Å². The molecule has 5 nitrogen and oxygen atoms in total. The van der Waals surface area contributed by atoms with E-state index in [1.165, 1.54) is 0 Å². The van der Waals surface area contributed by atoms with E-state index in [1.54, 1.807) is 12.1 Å². The Morgan fingerprint density at radius 1 is 0.969 bits per heavy atom. The highest BCUT2D eigenvalue weighted by Crippen LogP contribution is 2.31. The molecular weight excluding hydrogens is 424 g/mol. The molecule has 1 heterocycles. The van der Waals surface area contributed by atoms with Crippen molar-refractivity contribution in [3.05, 3.63) is 101 Å². The van der Waals surface area contributed by atoms with Gasteiger partial charge in [0, 0.05) is 22.5 Å². The Bertz CT molecular complexity index is 1290. The highest BCUT2D eigenvalue weighted by atomic mass is 35.5. The Morgan fingerprint density at radius 3 is 2.50 bits per heavy atom. The minimum atomic E-state index is -0.570. The molecule has 0 saturated carbocycles. The maximum Gasteiger partial charge on any atom is 0.339 e. The van der Waals surface area contributed by atoms with Gasteiger partial charge in [-0.1, -0.05) is 72.3 Å². The number of aromatic nitrogens is 1. The number of pyridine rings is 1. The second-order valence-electron chi connectivity index (χ2n) is 7.33. The molecule has 0 radical (unpaired) electrons. The summed E-state index contributed by atoms with van der Waals surface area (Å²) in [5, 5.41) is 4.01. The molecule has 0 bridgehead atoms. The normalized spacial score (nSPS) is 10.7. The van der Waals surface area contributed by atoms with Crippen molar-refractivity contribution in [3.8, 4) is 11.3 Å². The molecule has 4 rings (SSSR count). The lowest BCUT2D eigenvalue weighted by atomic mass is 9.98. The van der Waals surface area contributed by atoms with Crippen LogP contribution in [0.25, 0.3) is 22.2 Å². The van der Waals surface area contributed by atoms with Crippen molar-refractivity contribution in [1.82, 2.24) is 10.3 Å². The number of carbonyl (C=O) groups is 2. The topological polar surface area (TPSA) is 68.3 Å². The number of hydrogen-bond donors (Lipinski definition) is 1. The summed E-state index contributed by atoms with van der Waals surface area (Å²) in [6.07, 6.45) is 0. The molecular formula is C26H21ClN2O3. The first-order valence-corrected chi connectivity index (χ1v) is 10.5. The number of carbonyl (C=O) groups excluding carboxylic acids is 2. The van der Waals surface area contributed by atoms with Gasteiger partial charge in [0.1, 0.15) is 0 Å². The van der Waals surface area contributed by atoms with Gasteiger partial charge in [0.15, 0.2) is 6.61 Å². The van der Waals surface area contributed by atoms with Gasteiger partial charge in [-0.2, -0.15) is 0 Å². The van der Waals surface area contributed by atoms with Crippen molar-refractivity contribution < 1.29 is 14.3 Å². The van der Waals surface area contributed by atoms with E-state index in [-0.39, 0.29) is 12.5 Å². The first-order valence-electron chi connectivity index (χ1n) is 10.2. The SMILES string of the molecule is Cc1c(-c2cccc(Cl)c2)nc2ccccc2c1C(=O)OCC(=O)NCc1ccccc1. The van der Waals surface area contributed by atoms with Crippen molar-refractivity contribution in [2.75, 3.05) is 6.61 Å². The molecule has 0 saturated heterocycles. The third-order valence-electron chi connectivity index (χ3n) is 5.10. The van der Waals surface area contributed by atoms with Crippen LogP contribution in [-0.4, -0.2) is 23.5 Å². The summed E-state index contributed by atoms with van der Waals surface area (Å²) in [7, 11) is 0. The number of ether oxygens (including phenoxy) is 1. The molecule has 0 aliphatic carbocycles. The smallest absolute Gasteiger partial charge is 0.339 e. The molecule has 0 aliphatic heterocycles. The Morgan fingerprint density at radius 2 is 1.72 bits per heavy atom. The highest BCUT2D eigenvalue weighted by Gasteiger charge is 2.21. The van der Waals surface area contributed by atoms with E-state index in [4.69, 9.17) is 21.3 Å². The second-order valence-corrected chi connectivity index (χ2v) is 7.76. The van der Waals surface area contributed by atoms with Gasteiger partial charge in [0.2, 0.25) is 0 Å². The van der Waals surface area contributed by atoms with Gasteiger partial charge in [0.25, 0.3) is 5.91 Å². The van der Waals surface area contributed by atoms with Gasteiger partial charge < -0.3 is 10.1 Å². The van der Waals surface area contributed by atoms with Crippen molar-refractivity contribution in [2.24, 2.45) is 0 Å². The lowest BCUT2D eigenvalue weighted by Crippen LogP contribution is -2.28. The maximum absolute atomic E-state index is 13.1. The molecule has 3 aromatic carbocycles. The third-order valence-corrected chi connectivity index (χ3v) is 5.34. The van der Waals surface area contributed by atoms with Crippen molar-refractivity contribution in [2.45, 2.75) is 13.5 Å². The number of hydrogen-bond acceptors (Lipinski definition) is 4. The predicted molar refractivity (Wildman–Crippen MR) is 125 cm³/mol. The standard InChI is InChI=1S/C26H21ClN2O3/c1-17-24(26(31)32-16-23(30)28-15-18-8-3-2-4-9-18)21-12-5-6-13-22(21)29-25(17)19-10-7-11-20(27)14-19/h2-14H,15-16H2,1H3,(H,28,30). The van der Waals surface area contributed by atoms with E-state index in [1.807, 2.05) is 73.7 Å². The van der Waals surface area contributed by atoms with Crippen LogP contribution in [0.1, 0.15) is 21.5 Å². The van der Waals surface area contributed by atoms with Gasteiger partial charge in [-0.3, -0.25) is 4.79 Å². The summed E-state index contributed by atoms with van der Waals surface area (Å²) in [4.78, 5) is 30.0. The number of esters is 1. The summed E-state index contributed by atoms with van der Waals surface area (Å²) in [6.45, 7) is 1.82. The van der Waals surface area contributed by atoms with Crippen molar-refractivity contribution in [3.63, 3.8) is 0 Å². The maximum atomic E-state index is 13.1. The lowest BCUT2D eigenvalue weighted by molar-refractivity contribution is -0.124. The zero-order valence-corrected chi connectivity index (χ0v) is 18.2. The van der Waals surface area contributed by atoms with E-state index < -0.39 is 5.97 Å². The Labute approximate surface area is 191 Å². The van der Waals surface area contributed by atoms with Gasteiger partial charge in [-0.05, 0) is 36.2 Å². The van der Waals surface area contributed by atoms with Crippen LogP contribution in [0.15, 0.2) is 78.9 Å². The molecule has 0 fully saturated rings. The number of para-hydroxylation sites is 1. The van der Waals surface area contributed by atoms with Crippen LogP contribution in [-0.2, 0) is 16.1 Å². The number of nitrogens with one attached hydrogen (secondary N) is 1. The van der Waals surface area contributed by atoms with Crippen LogP contribution in [0.4, 0.5) is 0 Å². The van der Waals surface area contributed by atoms with Crippen LogP contribution >= 0.6 is 11.6 Å². The zero-order valence-electron chi connectivity index (χ0n) is 17.5. The van der Waals surface area contributed by atoms with E-state index in [0.717, 1.165) is 11.1 Å². The predicted octanol–water partition coefficient (Wildman–Crippen LogP) is 5.34. The number of nitrogens with zero attached hydrogens (tertiary/aromatic N) is 1.